The molecule has 0 aromatic carbocycles. The first-order valence-corrected chi connectivity index (χ1v) is 7.89. The van der Waals surface area contributed by atoms with Crippen molar-refractivity contribution in [3.05, 3.63) is 0 Å². The lowest BCUT2D eigenvalue weighted by molar-refractivity contribution is -0.901. The molecule has 0 aliphatic carbocycles. The zero-order valence-electron chi connectivity index (χ0n) is 14.0. The lowest BCUT2D eigenvalue weighted by Crippen LogP contribution is -3.13. The summed E-state index contributed by atoms with van der Waals surface area (Å²) in [6.07, 6.45) is 1.07. The molecular weight excluding hydrogens is 274 g/mol. The van der Waals surface area contributed by atoms with E-state index in [4.69, 9.17) is 23.7 Å². The number of nitrogens with one attached hydrogen (secondary N) is 1. The van der Waals surface area contributed by atoms with E-state index in [0.717, 1.165) is 52.5 Å². The topological polar surface area (TPSA) is 50.6 Å². The number of rotatable bonds is 17. The SMILES string of the molecule is CCCOCC[NH+](CCOCCOC)CCOCCOC. The number of ether oxygens (including phenoxy) is 5. The van der Waals surface area contributed by atoms with E-state index in [1.165, 1.54) is 4.90 Å². The second-order valence-corrected chi connectivity index (χ2v) is 4.82. The first-order valence-electron chi connectivity index (χ1n) is 7.89. The third-order valence-corrected chi connectivity index (χ3v) is 3.01. The third kappa shape index (κ3) is 16.0. The van der Waals surface area contributed by atoms with Crippen molar-refractivity contribution in [3.63, 3.8) is 0 Å². The van der Waals surface area contributed by atoms with Gasteiger partial charge < -0.3 is 28.6 Å². The molecule has 0 rings (SSSR count). The second-order valence-electron chi connectivity index (χ2n) is 4.82. The highest BCUT2D eigenvalue weighted by Gasteiger charge is 2.08. The minimum atomic E-state index is 0.648. The monoisotopic (exact) mass is 308 g/mol. The maximum Gasteiger partial charge on any atom is 0.101 e. The standard InChI is InChI=1S/C15H33NO5/c1-4-8-19-9-5-16(6-10-20-14-12-17-2)7-11-21-15-13-18-3/h4-15H2,1-3H3/p+1. The molecule has 0 atom stereocenters. The molecular formula is C15H34NO5+. The smallest absolute Gasteiger partial charge is 0.101 e. The Balaban J connectivity index is 3.69. The molecule has 1 N–H and O–H groups in total. The van der Waals surface area contributed by atoms with Crippen LogP contribution in [0.2, 0.25) is 0 Å². The lowest BCUT2D eigenvalue weighted by atomic mass is 10.4. The van der Waals surface area contributed by atoms with Gasteiger partial charge in [-0.3, -0.25) is 0 Å². The predicted octanol–water partition coefficient (Wildman–Crippen LogP) is -0.376. The molecule has 6 nitrogen and oxygen atoms in total. The maximum absolute atomic E-state index is 5.56. The van der Waals surface area contributed by atoms with Crippen molar-refractivity contribution in [1.82, 2.24) is 0 Å². The van der Waals surface area contributed by atoms with Gasteiger partial charge in [0, 0.05) is 20.8 Å². The Hall–Kier alpha value is -0.240. The molecule has 0 aromatic heterocycles. The predicted molar refractivity (Wildman–Crippen MR) is 82.1 cm³/mol. The molecule has 21 heavy (non-hydrogen) atoms. The fourth-order valence-electron chi connectivity index (χ4n) is 1.76. The molecule has 0 bridgehead atoms. The van der Waals surface area contributed by atoms with Crippen LogP contribution in [0.1, 0.15) is 13.3 Å². The summed E-state index contributed by atoms with van der Waals surface area (Å²) < 4.78 is 26.5. The van der Waals surface area contributed by atoms with Crippen molar-refractivity contribution in [2.45, 2.75) is 13.3 Å². The summed E-state index contributed by atoms with van der Waals surface area (Å²) in [4.78, 5) is 1.45. The summed E-state index contributed by atoms with van der Waals surface area (Å²) in [5.74, 6) is 0. The molecule has 0 spiro atoms. The quantitative estimate of drug-likeness (QED) is 0.371. The van der Waals surface area contributed by atoms with Crippen LogP contribution in [0.3, 0.4) is 0 Å². The molecule has 0 fully saturated rings. The Morgan fingerprint density at radius 3 is 1.38 bits per heavy atom. The first kappa shape index (κ1) is 20.8. The summed E-state index contributed by atoms with van der Waals surface area (Å²) in [7, 11) is 3.37. The summed E-state index contributed by atoms with van der Waals surface area (Å²) in [5, 5.41) is 0. The van der Waals surface area contributed by atoms with Gasteiger partial charge in [0.2, 0.25) is 0 Å². The van der Waals surface area contributed by atoms with E-state index < -0.39 is 0 Å². The fourth-order valence-corrected chi connectivity index (χ4v) is 1.76. The average molecular weight is 308 g/mol. The molecule has 6 heteroatoms. The third-order valence-electron chi connectivity index (χ3n) is 3.01. The minimum Gasteiger partial charge on any atom is -0.382 e. The van der Waals surface area contributed by atoms with Gasteiger partial charge in [0.25, 0.3) is 0 Å². The molecule has 0 saturated carbocycles. The number of methoxy groups -OCH3 is 2. The molecule has 128 valence electrons. The fraction of sp³-hybridized carbons (Fsp3) is 1.00. The van der Waals surface area contributed by atoms with Crippen molar-refractivity contribution >= 4 is 0 Å². The summed E-state index contributed by atoms with van der Waals surface area (Å²) in [5.41, 5.74) is 0. The molecule has 0 heterocycles. The van der Waals surface area contributed by atoms with Gasteiger partial charge in [0.1, 0.15) is 19.6 Å². The molecule has 0 unspecified atom stereocenters. The van der Waals surface area contributed by atoms with Crippen LogP contribution in [-0.2, 0) is 23.7 Å². The largest absolute Gasteiger partial charge is 0.382 e. The van der Waals surface area contributed by atoms with Crippen molar-refractivity contribution in [3.8, 4) is 0 Å². The van der Waals surface area contributed by atoms with Gasteiger partial charge >= 0.3 is 0 Å². The van der Waals surface area contributed by atoms with Gasteiger partial charge in [-0.2, -0.15) is 0 Å². The Labute approximate surface area is 129 Å². The molecule has 0 saturated heterocycles. The van der Waals surface area contributed by atoms with E-state index in [2.05, 4.69) is 6.92 Å². The van der Waals surface area contributed by atoms with Crippen LogP contribution in [0.15, 0.2) is 0 Å². The Morgan fingerprint density at radius 2 is 1.00 bits per heavy atom. The zero-order chi connectivity index (χ0) is 15.6. The second kappa shape index (κ2) is 17.8. The Kier molecular flexibility index (Phi) is 17.6. The normalized spacial score (nSPS) is 11.4. The summed E-state index contributed by atoms with van der Waals surface area (Å²) >= 11 is 0. The van der Waals surface area contributed by atoms with Crippen molar-refractivity contribution in [1.29, 1.82) is 0 Å². The van der Waals surface area contributed by atoms with Gasteiger partial charge in [-0.05, 0) is 6.42 Å². The van der Waals surface area contributed by atoms with Crippen LogP contribution in [0.4, 0.5) is 0 Å². The van der Waals surface area contributed by atoms with E-state index in [-0.39, 0.29) is 0 Å². The molecule has 0 aliphatic heterocycles. The highest BCUT2D eigenvalue weighted by atomic mass is 16.5. The number of quaternary nitrogens is 1. The van der Waals surface area contributed by atoms with E-state index >= 15 is 0 Å². The minimum absolute atomic E-state index is 0.648. The van der Waals surface area contributed by atoms with Gasteiger partial charge in [-0.15, -0.1) is 0 Å². The van der Waals surface area contributed by atoms with Crippen molar-refractivity contribution in [2.75, 3.05) is 86.7 Å². The summed E-state index contributed by atoms with van der Waals surface area (Å²) in [6.45, 7) is 10.8. The van der Waals surface area contributed by atoms with Crippen LogP contribution >= 0.6 is 0 Å². The van der Waals surface area contributed by atoms with Crippen LogP contribution in [0.25, 0.3) is 0 Å². The molecule has 0 radical (unpaired) electrons. The first-order chi connectivity index (χ1) is 10.3. The van der Waals surface area contributed by atoms with Gasteiger partial charge in [-0.1, -0.05) is 6.92 Å². The van der Waals surface area contributed by atoms with Gasteiger partial charge in [0.05, 0.1) is 46.2 Å². The van der Waals surface area contributed by atoms with Gasteiger partial charge in [-0.25, -0.2) is 0 Å². The maximum atomic E-state index is 5.56. The van der Waals surface area contributed by atoms with Crippen LogP contribution in [0.5, 0.6) is 0 Å². The number of hydrogen-bond acceptors (Lipinski definition) is 5. The van der Waals surface area contributed by atoms with E-state index in [9.17, 15) is 0 Å². The van der Waals surface area contributed by atoms with E-state index in [1.807, 2.05) is 0 Å². The zero-order valence-corrected chi connectivity index (χ0v) is 14.0. The van der Waals surface area contributed by atoms with Crippen LogP contribution < -0.4 is 4.90 Å². The molecule has 0 amide bonds. The average Bonchev–Trinajstić information content (AvgIpc) is 2.50. The lowest BCUT2D eigenvalue weighted by Gasteiger charge is -2.19. The highest BCUT2D eigenvalue weighted by Crippen LogP contribution is 1.78. The number of hydrogen-bond donors (Lipinski definition) is 1. The Morgan fingerprint density at radius 1 is 0.571 bits per heavy atom. The Bertz CT molecular complexity index is 181. The molecule has 0 aliphatic rings. The summed E-state index contributed by atoms with van der Waals surface area (Å²) in [6, 6.07) is 0. The van der Waals surface area contributed by atoms with Crippen molar-refractivity contribution < 1.29 is 28.6 Å². The van der Waals surface area contributed by atoms with E-state index in [1.54, 1.807) is 14.2 Å². The van der Waals surface area contributed by atoms with Gasteiger partial charge in [0.15, 0.2) is 0 Å². The van der Waals surface area contributed by atoms with E-state index in [0.29, 0.717) is 26.4 Å². The van der Waals surface area contributed by atoms with Crippen LogP contribution in [-0.4, -0.2) is 86.7 Å². The highest BCUT2D eigenvalue weighted by molar-refractivity contribution is 4.36. The molecule has 0 aromatic rings. The van der Waals surface area contributed by atoms with Crippen molar-refractivity contribution in [2.24, 2.45) is 0 Å². The van der Waals surface area contributed by atoms with Crippen LogP contribution in [0, 0.1) is 0 Å².